The Hall–Kier alpha value is -1.58. The van der Waals surface area contributed by atoms with Gasteiger partial charge in [0.15, 0.2) is 31.1 Å². The number of hydrogen-bond donors (Lipinski definition) is 7. The van der Waals surface area contributed by atoms with Gasteiger partial charge in [0.1, 0.15) is 48.8 Å². The molecule has 3 aliphatic rings. The van der Waals surface area contributed by atoms with Crippen molar-refractivity contribution in [3.63, 3.8) is 0 Å². The molecule has 3 heterocycles. The molecule has 41 heavy (non-hydrogen) atoms. The molecule has 3 aliphatic heterocycles. The molecule has 0 aromatic heterocycles. The number of aliphatic hydroxyl groups is 7. The number of aliphatic hydroxyl groups excluding tert-OH is 7. The van der Waals surface area contributed by atoms with E-state index in [-0.39, 0.29) is 0 Å². The SMILES string of the molecule is CO[C@H]1C(CO)OC(O[C@H]2C(CO)OC(O[C@H]3C(CO)OC(O)C(O)[C@H]3OC(C)=O)C(O)[C@H]2O)C(OC(C)=O)[C@@H]1C. The van der Waals surface area contributed by atoms with Gasteiger partial charge in [-0.3, -0.25) is 9.59 Å². The first-order valence-electron chi connectivity index (χ1n) is 13.1. The third-order valence-corrected chi connectivity index (χ3v) is 7.25. The topological polar surface area (TPSA) is 250 Å². The van der Waals surface area contributed by atoms with Crippen molar-refractivity contribution >= 4 is 11.9 Å². The highest BCUT2D eigenvalue weighted by Crippen LogP contribution is 2.35. The Morgan fingerprint density at radius 1 is 0.634 bits per heavy atom. The van der Waals surface area contributed by atoms with Crippen molar-refractivity contribution in [2.45, 2.75) is 107 Å². The van der Waals surface area contributed by atoms with Crippen molar-refractivity contribution < 1.29 is 83.2 Å². The van der Waals surface area contributed by atoms with Gasteiger partial charge in [0, 0.05) is 26.9 Å². The first-order valence-corrected chi connectivity index (χ1v) is 13.1. The minimum absolute atomic E-state index is 0.485. The van der Waals surface area contributed by atoms with E-state index >= 15 is 0 Å². The molecule has 0 amide bonds. The molecule has 9 unspecified atom stereocenters. The largest absolute Gasteiger partial charge is 0.457 e. The average molecular weight is 601 g/mol. The van der Waals surface area contributed by atoms with Crippen molar-refractivity contribution in [3.05, 3.63) is 0 Å². The average Bonchev–Trinajstić information content (AvgIpc) is 2.93. The summed E-state index contributed by atoms with van der Waals surface area (Å²) in [6.45, 7) is 1.84. The van der Waals surface area contributed by atoms with E-state index in [1.165, 1.54) is 7.11 Å². The fourth-order valence-electron chi connectivity index (χ4n) is 5.27. The van der Waals surface area contributed by atoms with Gasteiger partial charge in [-0.15, -0.1) is 0 Å². The standard InChI is InChI=1S/C24H40O17/c1-8-17(34-4)11(5-25)39-24(18(8)35-9(2)28)40-19-12(6-26)38-23(15(31)14(19)30)41-20-13(7-27)37-22(33)16(32)21(20)36-10(3)29/h8,11-27,30-33H,5-7H2,1-4H3/t8-,11?,12?,13?,14-,15?,16?,17-,18?,19+,20+,21-,22?,23?,24?/m1/s1. The summed E-state index contributed by atoms with van der Waals surface area (Å²) in [7, 11) is 1.39. The number of esters is 2. The molecule has 0 saturated carbocycles. The van der Waals surface area contributed by atoms with Crippen LogP contribution in [0, 0.1) is 5.92 Å². The van der Waals surface area contributed by atoms with E-state index in [0.717, 1.165) is 13.8 Å². The van der Waals surface area contributed by atoms with E-state index in [0.29, 0.717) is 0 Å². The Morgan fingerprint density at radius 3 is 1.66 bits per heavy atom. The highest BCUT2D eigenvalue weighted by Gasteiger charge is 2.54. The first-order chi connectivity index (χ1) is 19.4. The normalized spacial score (nSPS) is 45.2. The van der Waals surface area contributed by atoms with Gasteiger partial charge in [-0.2, -0.15) is 0 Å². The Balaban J connectivity index is 1.82. The van der Waals surface area contributed by atoms with Gasteiger partial charge >= 0.3 is 11.9 Å². The van der Waals surface area contributed by atoms with E-state index in [1.807, 2.05) is 0 Å². The summed E-state index contributed by atoms with van der Waals surface area (Å²) >= 11 is 0. The van der Waals surface area contributed by atoms with Gasteiger partial charge in [-0.25, -0.2) is 0 Å². The zero-order chi connectivity index (χ0) is 30.6. The van der Waals surface area contributed by atoms with Crippen LogP contribution in [-0.2, 0) is 47.5 Å². The van der Waals surface area contributed by atoms with Crippen molar-refractivity contribution in [3.8, 4) is 0 Å². The quantitative estimate of drug-likeness (QED) is 0.117. The summed E-state index contributed by atoms with van der Waals surface area (Å²) in [5, 5.41) is 71.8. The molecule has 0 spiro atoms. The molecular formula is C24H40O17. The minimum Gasteiger partial charge on any atom is -0.457 e. The second-order valence-electron chi connectivity index (χ2n) is 10.1. The van der Waals surface area contributed by atoms with Crippen molar-refractivity contribution in [2.75, 3.05) is 26.9 Å². The predicted octanol–water partition coefficient (Wildman–Crippen LogP) is -4.50. The lowest BCUT2D eigenvalue weighted by atomic mass is 9.90. The number of methoxy groups -OCH3 is 1. The highest BCUT2D eigenvalue weighted by molar-refractivity contribution is 5.66. The lowest BCUT2D eigenvalue weighted by Gasteiger charge is -2.49. The van der Waals surface area contributed by atoms with E-state index in [2.05, 4.69) is 0 Å². The number of hydrogen-bond acceptors (Lipinski definition) is 17. The molecule has 3 rings (SSSR count). The van der Waals surface area contributed by atoms with Gasteiger partial charge in [-0.1, -0.05) is 6.92 Å². The first kappa shape index (κ1) is 33.9. The molecule has 238 valence electrons. The lowest BCUT2D eigenvalue weighted by molar-refractivity contribution is -0.376. The van der Waals surface area contributed by atoms with E-state index < -0.39 is 124 Å². The van der Waals surface area contributed by atoms with Crippen LogP contribution in [0.15, 0.2) is 0 Å². The van der Waals surface area contributed by atoms with Crippen LogP contribution in [0.3, 0.4) is 0 Å². The molecule has 3 saturated heterocycles. The van der Waals surface area contributed by atoms with E-state index in [9.17, 15) is 45.3 Å². The Kier molecular flexibility index (Phi) is 12.2. The zero-order valence-corrected chi connectivity index (χ0v) is 23.0. The van der Waals surface area contributed by atoms with Gasteiger partial charge in [0.05, 0.1) is 25.9 Å². The van der Waals surface area contributed by atoms with Crippen LogP contribution in [0.25, 0.3) is 0 Å². The van der Waals surface area contributed by atoms with Crippen LogP contribution in [0.4, 0.5) is 0 Å². The maximum Gasteiger partial charge on any atom is 0.303 e. The van der Waals surface area contributed by atoms with Gasteiger partial charge in [0.25, 0.3) is 0 Å². The second kappa shape index (κ2) is 14.7. The number of rotatable bonds is 10. The van der Waals surface area contributed by atoms with Gasteiger partial charge in [0.2, 0.25) is 0 Å². The Bertz CT molecular complexity index is 858. The third kappa shape index (κ3) is 7.50. The molecule has 3 fully saturated rings. The summed E-state index contributed by atoms with van der Waals surface area (Å²) < 4.78 is 44.0. The maximum absolute atomic E-state index is 11.8. The monoisotopic (exact) mass is 600 g/mol. The number of carbonyl (C=O) groups excluding carboxylic acids is 2. The van der Waals surface area contributed by atoms with Crippen LogP contribution >= 0.6 is 0 Å². The molecule has 0 aromatic rings. The fourth-order valence-corrected chi connectivity index (χ4v) is 5.27. The lowest BCUT2D eigenvalue weighted by Crippen LogP contribution is -2.66. The van der Waals surface area contributed by atoms with E-state index in [4.69, 9.17) is 37.9 Å². The Labute approximate surface area is 235 Å². The second-order valence-corrected chi connectivity index (χ2v) is 10.1. The molecule has 17 nitrogen and oxygen atoms in total. The van der Waals surface area contributed by atoms with Gasteiger partial charge < -0.3 is 73.6 Å². The van der Waals surface area contributed by atoms with Crippen molar-refractivity contribution in [1.82, 2.24) is 0 Å². The molecule has 15 atom stereocenters. The molecule has 7 N–H and O–H groups in total. The van der Waals surface area contributed by atoms with Crippen LogP contribution in [0.1, 0.15) is 20.8 Å². The molecule has 0 aromatic carbocycles. The molecule has 0 aliphatic carbocycles. The fraction of sp³-hybridized carbons (Fsp3) is 0.917. The number of carbonyl (C=O) groups is 2. The maximum atomic E-state index is 11.8. The highest BCUT2D eigenvalue weighted by atomic mass is 16.8. The molecule has 0 bridgehead atoms. The molecule has 0 radical (unpaired) electrons. The summed E-state index contributed by atoms with van der Waals surface area (Å²) in [5.41, 5.74) is 0. The van der Waals surface area contributed by atoms with E-state index in [1.54, 1.807) is 6.92 Å². The summed E-state index contributed by atoms with van der Waals surface area (Å²) in [6.07, 6.45) is -20.5. The van der Waals surface area contributed by atoms with Crippen LogP contribution < -0.4 is 0 Å². The van der Waals surface area contributed by atoms with Crippen LogP contribution in [0.5, 0.6) is 0 Å². The van der Waals surface area contributed by atoms with Crippen LogP contribution in [-0.4, -0.2) is 161 Å². The number of ether oxygens (including phenoxy) is 8. The smallest absolute Gasteiger partial charge is 0.303 e. The molecular weight excluding hydrogens is 560 g/mol. The van der Waals surface area contributed by atoms with Crippen LogP contribution in [0.2, 0.25) is 0 Å². The zero-order valence-electron chi connectivity index (χ0n) is 23.0. The van der Waals surface area contributed by atoms with Gasteiger partial charge in [-0.05, 0) is 0 Å². The summed E-state index contributed by atoms with van der Waals surface area (Å²) in [5.74, 6) is -2.09. The Morgan fingerprint density at radius 2 is 1.12 bits per heavy atom. The summed E-state index contributed by atoms with van der Waals surface area (Å²) in [6, 6.07) is 0. The van der Waals surface area contributed by atoms with Crippen molar-refractivity contribution in [1.29, 1.82) is 0 Å². The summed E-state index contributed by atoms with van der Waals surface area (Å²) in [4.78, 5) is 23.4. The van der Waals surface area contributed by atoms with Crippen molar-refractivity contribution in [2.24, 2.45) is 5.92 Å². The minimum atomic E-state index is -1.89. The third-order valence-electron chi connectivity index (χ3n) is 7.25. The molecule has 17 heteroatoms. The predicted molar refractivity (Wildman–Crippen MR) is 128 cm³/mol.